The van der Waals surface area contributed by atoms with Crippen LogP contribution in [0.25, 0.3) is 0 Å². The smallest absolute Gasteiger partial charge is 0.260 e. The third-order valence-corrected chi connectivity index (χ3v) is 5.23. The fraction of sp³-hybridized carbons (Fsp3) is 0.381. The highest BCUT2D eigenvalue weighted by Crippen LogP contribution is 2.35. The van der Waals surface area contributed by atoms with Crippen molar-refractivity contribution in [1.29, 1.82) is 0 Å². The molecule has 0 N–H and O–H groups in total. The van der Waals surface area contributed by atoms with Gasteiger partial charge in [0.15, 0.2) is 18.1 Å². The van der Waals surface area contributed by atoms with Crippen molar-refractivity contribution in [2.45, 2.75) is 19.0 Å². The molecule has 2 aliphatic heterocycles. The summed E-state index contributed by atoms with van der Waals surface area (Å²) in [5.41, 5.74) is 2.74. The molecule has 27 heavy (non-hydrogen) atoms. The van der Waals surface area contributed by atoms with Crippen molar-refractivity contribution in [2.24, 2.45) is 0 Å². The lowest BCUT2D eigenvalue weighted by Gasteiger charge is -2.36. The topological polar surface area (TPSA) is 51.2 Å². The maximum Gasteiger partial charge on any atom is 0.260 e. The van der Waals surface area contributed by atoms with Gasteiger partial charge in [-0.25, -0.2) is 0 Å². The molecule has 6 nitrogen and oxygen atoms in total. The van der Waals surface area contributed by atoms with E-state index in [2.05, 4.69) is 36.2 Å². The Morgan fingerprint density at radius 3 is 2.81 bits per heavy atom. The van der Waals surface area contributed by atoms with Crippen molar-refractivity contribution >= 4 is 5.91 Å². The second-order valence-corrected chi connectivity index (χ2v) is 7.12. The molecule has 2 heterocycles. The maximum absolute atomic E-state index is 12.5. The van der Waals surface area contributed by atoms with Gasteiger partial charge in [-0.3, -0.25) is 9.69 Å². The number of rotatable bonds is 5. The van der Waals surface area contributed by atoms with Crippen molar-refractivity contribution in [3.8, 4) is 17.2 Å². The normalized spacial score (nSPS) is 18.1. The van der Waals surface area contributed by atoms with Gasteiger partial charge in [0, 0.05) is 32.2 Å². The average molecular weight is 368 g/mol. The summed E-state index contributed by atoms with van der Waals surface area (Å²) in [7, 11) is 3.95. The van der Waals surface area contributed by atoms with Crippen molar-refractivity contribution in [1.82, 2.24) is 9.80 Å². The van der Waals surface area contributed by atoms with E-state index in [1.165, 1.54) is 11.1 Å². The van der Waals surface area contributed by atoms with E-state index in [0.29, 0.717) is 29.8 Å². The van der Waals surface area contributed by atoms with Crippen LogP contribution in [-0.4, -0.2) is 55.8 Å². The predicted molar refractivity (Wildman–Crippen MR) is 101 cm³/mol. The van der Waals surface area contributed by atoms with Gasteiger partial charge in [0.25, 0.3) is 5.91 Å². The summed E-state index contributed by atoms with van der Waals surface area (Å²) < 4.78 is 16.3. The van der Waals surface area contributed by atoms with E-state index in [1.54, 1.807) is 23.1 Å². The molecule has 0 saturated carbocycles. The Labute approximate surface area is 159 Å². The molecule has 2 aromatic carbocycles. The maximum atomic E-state index is 12.5. The molecule has 0 aliphatic carbocycles. The number of amides is 1. The zero-order valence-electron chi connectivity index (χ0n) is 15.7. The number of carbonyl (C=O) groups is 1. The molecule has 0 aromatic heterocycles. The lowest BCUT2D eigenvalue weighted by atomic mass is 9.94. The molecular weight excluding hydrogens is 344 g/mol. The molecule has 4 rings (SSSR count). The quantitative estimate of drug-likeness (QED) is 0.811. The number of likely N-dealkylation sites (N-methyl/N-ethyl adjacent to an activating group) is 2. The Balaban J connectivity index is 1.32. The zero-order chi connectivity index (χ0) is 18.8. The zero-order valence-corrected chi connectivity index (χ0v) is 15.7. The highest BCUT2D eigenvalue weighted by molar-refractivity contribution is 5.77. The highest BCUT2D eigenvalue weighted by atomic mass is 16.7. The summed E-state index contributed by atoms with van der Waals surface area (Å²) in [5.74, 6) is 1.91. The van der Waals surface area contributed by atoms with Gasteiger partial charge >= 0.3 is 0 Å². The lowest BCUT2D eigenvalue weighted by Crippen LogP contribution is -2.47. The van der Waals surface area contributed by atoms with Crippen LogP contribution in [0, 0.1) is 0 Å². The van der Waals surface area contributed by atoms with E-state index in [-0.39, 0.29) is 19.3 Å². The molecule has 0 saturated heterocycles. The van der Waals surface area contributed by atoms with Crippen LogP contribution in [0.2, 0.25) is 0 Å². The highest BCUT2D eigenvalue weighted by Gasteiger charge is 2.25. The molecule has 1 atom stereocenters. The standard InChI is InChI=1S/C21H24N2O4/c1-22-11-16-6-4-3-5-15(16)9-17(22)12-23(2)21(24)13-25-18-7-8-19-20(10-18)27-14-26-19/h3-8,10,17H,9,11-14H2,1-2H3. The number of nitrogens with zero attached hydrogens (tertiary/aromatic N) is 2. The van der Waals surface area contributed by atoms with Gasteiger partial charge in [0.05, 0.1) is 0 Å². The Morgan fingerprint density at radius 1 is 1.19 bits per heavy atom. The van der Waals surface area contributed by atoms with E-state index in [1.807, 2.05) is 7.05 Å². The van der Waals surface area contributed by atoms with Crippen molar-refractivity contribution in [2.75, 3.05) is 34.0 Å². The van der Waals surface area contributed by atoms with Crippen LogP contribution in [0.3, 0.4) is 0 Å². The van der Waals surface area contributed by atoms with Gasteiger partial charge in [0.1, 0.15) is 5.75 Å². The largest absolute Gasteiger partial charge is 0.484 e. The minimum Gasteiger partial charge on any atom is -0.484 e. The number of fused-ring (bicyclic) bond motifs is 2. The molecule has 0 bridgehead atoms. The molecular formula is C21H24N2O4. The molecule has 142 valence electrons. The fourth-order valence-electron chi connectivity index (χ4n) is 3.56. The molecule has 1 amide bonds. The van der Waals surface area contributed by atoms with Gasteiger partial charge in [0.2, 0.25) is 6.79 Å². The summed E-state index contributed by atoms with van der Waals surface area (Å²) in [6, 6.07) is 14.1. The van der Waals surface area contributed by atoms with Gasteiger partial charge in [-0.05, 0) is 36.7 Å². The van der Waals surface area contributed by atoms with Crippen LogP contribution in [0.5, 0.6) is 17.2 Å². The number of carbonyl (C=O) groups excluding carboxylic acids is 1. The SMILES string of the molecule is CN(CC1Cc2ccccc2CN1C)C(=O)COc1ccc2c(c1)OCO2. The van der Waals surface area contributed by atoms with Gasteiger partial charge in [-0.2, -0.15) is 0 Å². The Hall–Kier alpha value is -2.73. The van der Waals surface area contributed by atoms with Crippen LogP contribution >= 0.6 is 0 Å². The third-order valence-electron chi connectivity index (χ3n) is 5.23. The second-order valence-electron chi connectivity index (χ2n) is 7.12. The summed E-state index contributed by atoms with van der Waals surface area (Å²) in [6.45, 7) is 1.81. The molecule has 0 fully saturated rings. The first kappa shape index (κ1) is 17.7. The molecule has 1 unspecified atom stereocenters. The van der Waals surface area contributed by atoms with Crippen LogP contribution < -0.4 is 14.2 Å². The van der Waals surface area contributed by atoms with E-state index in [9.17, 15) is 4.79 Å². The summed E-state index contributed by atoms with van der Waals surface area (Å²) in [6.07, 6.45) is 0.952. The van der Waals surface area contributed by atoms with E-state index >= 15 is 0 Å². The van der Waals surface area contributed by atoms with Crippen molar-refractivity contribution in [3.63, 3.8) is 0 Å². The number of ether oxygens (including phenoxy) is 3. The number of benzene rings is 2. The molecule has 2 aromatic rings. The van der Waals surface area contributed by atoms with Crippen LogP contribution in [-0.2, 0) is 17.8 Å². The first-order chi connectivity index (χ1) is 13.1. The molecule has 6 heteroatoms. The molecule has 0 spiro atoms. The minimum atomic E-state index is -0.0417. The number of hydrogen-bond donors (Lipinski definition) is 0. The third kappa shape index (κ3) is 3.85. The average Bonchev–Trinajstić information content (AvgIpc) is 3.14. The second kappa shape index (κ2) is 7.48. The van der Waals surface area contributed by atoms with Crippen LogP contribution in [0.15, 0.2) is 42.5 Å². The summed E-state index contributed by atoms with van der Waals surface area (Å²) in [5, 5.41) is 0. The van der Waals surface area contributed by atoms with Crippen molar-refractivity contribution < 1.29 is 19.0 Å². The Kier molecular flexibility index (Phi) is 4.90. The van der Waals surface area contributed by atoms with Crippen LogP contribution in [0.4, 0.5) is 0 Å². The van der Waals surface area contributed by atoms with Gasteiger partial charge in [-0.15, -0.1) is 0 Å². The molecule has 2 aliphatic rings. The fourth-order valence-corrected chi connectivity index (χ4v) is 3.56. The van der Waals surface area contributed by atoms with Crippen LogP contribution in [0.1, 0.15) is 11.1 Å². The summed E-state index contributed by atoms with van der Waals surface area (Å²) >= 11 is 0. The Morgan fingerprint density at radius 2 is 1.96 bits per heavy atom. The van der Waals surface area contributed by atoms with E-state index < -0.39 is 0 Å². The summed E-state index contributed by atoms with van der Waals surface area (Å²) in [4.78, 5) is 16.6. The monoisotopic (exact) mass is 368 g/mol. The molecule has 0 radical (unpaired) electrons. The number of hydrogen-bond acceptors (Lipinski definition) is 5. The lowest BCUT2D eigenvalue weighted by molar-refractivity contribution is -0.132. The predicted octanol–water partition coefficient (Wildman–Crippen LogP) is 2.31. The minimum absolute atomic E-state index is 0.00314. The van der Waals surface area contributed by atoms with Gasteiger partial charge in [-0.1, -0.05) is 24.3 Å². The van der Waals surface area contributed by atoms with E-state index in [0.717, 1.165) is 13.0 Å². The first-order valence-corrected chi connectivity index (χ1v) is 9.13. The Bertz CT molecular complexity index is 839. The van der Waals surface area contributed by atoms with Gasteiger partial charge < -0.3 is 19.1 Å². The van der Waals surface area contributed by atoms with Crippen molar-refractivity contribution in [3.05, 3.63) is 53.6 Å². The first-order valence-electron chi connectivity index (χ1n) is 9.13. The van der Waals surface area contributed by atoms with E-state index in [4.69, 9.17) is 14.2 Å².